The lowest BCUT2D eigenvalue weighted by Gasteiger charge is -2.08. The Labute approximate surface area is 143 Å². The lowest BCUT2D eigenvalue weighted by Crippen LogP contribution is -2.35. The number of hydrogen-bond donors (Lipinski definition) is 3. The molecule has 8 heteroatoms. The molecule has 1 aromatic heterocycles. The summed E-state index contributed by atoms with van der Waals surface area (Å²) < 4.78 is 14.2. The Balaban J connectivity index is 2.13. The van der Waals surface area contributed by atoms with Gasteiger partial charge in [0.2, 0.25) is 11.8 Å². The second kappa shape index (κ2) is 7.98. The Morgan fingerprint density at radius 1 is 1.38 bits per heavy atom. The zero-order valence-corrected chi connectivity index (χ0v) is 14.2. The van der Waals surface area contributed by atoms with Gasteiger partial charge in [-0.15, -0.1) is 11.3 Å². The second-order valence-corrected chi connectivity index (χ2v) is 6.16. The monoisotopic (exact) mass is 350 g/mol. The van der Waals surface area contributed by atoms with E-state index < -0.39 is 11.9 Å². The molecule has 0 spiro atoms. The van der Waals surface area contributed by atoms with Crippen LogP contribution in [0.5, 0.6) is 0 Å². The number of anilines is 2. The van der Waals surface area contributed by atoms with Gasteiger partial charge in [-0.3, -0.25) is 9.59 Å². The summed E-state index contributed by atoms with van der Waals surface area (Å²) in [5, 5.41) is 7.17. The third-order valence-electron chi connectivity index (χ3n) is 3.24. The molecular formula is C16H19FN4O2S. The molecule has 0 radical (unpaired) electrons. The third kappa shape index (κ3) is 4.59. The minimum Gasteiger partial charge on any atom is -0.326 e. The number of nitrogens with one attached hydrogen (secondary N) is 2. The summed E-state index contributed by atoms with van der Waals surface area (Å²) in [7, 11) is 0. The van der Waals surface area contributed by atoms with Gasteiger partial charge in [0.15, 0.2) is 5.13 Å². The van der Waals surface area contributed by atoms with Gasteiger partial charge in [0.25, 0.3) is 0 Å². The van der Waals surface area contributed by atoms with Crippen molar-refractivity contribution in [1.82, 2.24) is 4.98 Å². The number of thiazole rings is 1. The molecule has 0 aliphatic rings. The van der Waals surface area contributed by atoms with E-state index in [9.17, 15) is 14.0 Å². The number of halogens is 1. The predicted molar refractivity (Wildman–Crippen MR) is 93.3 cm³/mol. The molecule has 0 saturated heterocycles. The number of carbonyl (C=O) groups excluding carboxylic acids is 2. The SMILES string of the molecule is CCCC(N)C(=O)Nc1nc(-c2ccc(NC(C)=O)cc2F)cs1. The first-order valence-electron chi connectivity index (χ1n) is 7.50. The van der Waals surface area contributed by atoms with Crippen LogP contribution in [0.3, 0.4) is 0 Å². The number of aromatic nitrogens is 1. The van der Waals surface area contributed by atoms with Crippen molar-refractivity contribution in [2.45, 2.75) is 32.7 Å². The molecule has 0 fully saturated rings. The maximum atomic E-state index is 14.2. The number of nitrogens with two attached hydrogens (primary N) is 1. The lowest BCUT2D eigenvalue weighted by atomic mass is 10.1. The molecule has 128 valence electrons. The summed E-state index contributed by atoms with van der Waals surface area (Å²) in [5.74, 6) is -1.09. The number of hydrogen-bond acceptors (Lipinski definition) is 5. The van der Waals surface area contributed by atoms with Crippen LogP contribution in [0.1, 0.15) is 26.7 Å². The normalized spacial score (nSPS) is 11.8. The first-order chi connectivity index (χ1) is 11.4. The predicted octanol–water partition coefficient (Wildman–Crippen LogP) is 2.97. The van der Waals surface area contributed by atoms with Crippen LogP contribution >= 0.6 is 11.3 Å². The average Bonchev–Trinajstić information content (AvgIpc) is 2.95. The van der Waals surface area contributed by atoms with Gasteiger partial charge in [-0.25, -0.2) is 9.37 Å². The van der Waals surface area contributed by atoms with Crippen molar-refractivity contribution in [2.75, 3.05) is 10.6 Å². The van der Waals surface area contributed by atoms with Gasteiger partial charge < -0.3 is 16.4 Å². The summed E-state index contributed by atoms with van der Waals surface area (Å²) in [6.07, 6.45) is 1.40. The highest BCUT2D eigenvalue weighted by Crippen LogP contribution is 2.28. The van der Waals surface area contributed by atoms with Crippen molar-refractivity contribution in [3.63, 3.8) is 0 Å². The van der Waals surface area contributed by atoms with Gasteiger partial charge in [-0.1, -0.05) is 13.3 Å². The molecule has 0 aliphatic heterocycles. The maximum absolute atomic E-state index is 14.2. The van der Waals surface area contributed by atoms with Gasteiger partial charge >= 0.3 is 0 Å². The van der Waals surface area contributed by atoms with E-state index in [0.29, 0.717) is 28.5 Å². The maximum Gasteiger partial charge on any atom is 0.243 e. The third-order valence-corrected chi connectivity index (χ3v) is 3.99. The largest absolute Gasteiger partial charge is 0.326 e. The molecule has 4 N–H and O–H groups in total. The Hall–Kier alpha value is -2.32. The molecule has 0 bridgehead atoms. The summed E-state index contributed by atoms with van der Waals surface area (Å²) in [6, 6.07) is 3.76. The fourth-order valence-corrected chi connectivity index (χ4v) is 2.81. The molecule has 1 aromatic carbocycles. The van der Waals surface area contributed by atoms with Gasteiger partial charge in [-0.05, 0) is 24.6 Å². The van der Waals surface area contributed by atoms with E-state index in [2.05, 4.69) is 15.6 Å². The number of amides is 2. The van der Waals surface area contributed by atoms with Gasteiger partial charge in [0.1, 0.15) is 5.82 Å². The molecule has 2 aromatic rings. The molecule has 1 atom stereocenters. The topological polar surface area (TPSA) is 97.1 Å². The van der Waals surface area contributed by atoms with Crippen LogP contribution in [0, 0.1) is 5.82 Å². The fraction of sp³-hybridized carbons (Fsp3) is 0.312. The van der Waals surface area contributed by atoms with Crippen molar-refractivity contribution in [3.05, 3.63) is 29.4 Å². The highest BCUT2D eigenvalue weighted by Gasteiger charge is 2.15. The number of nitrogens with zero attached hydrogens (tertiary/aromatic N) is 1. The Morgan fingerprint density at radius 3 is 2.75 bits per heavy atom. The van der Waals surface area contributed by atoms with Crippen LogP contribution in [0.2, 0.25) is 0 Å². The summed E-state index contributed by atoms with van der Waals surface area (Å²) in [5.41, 5.74) is 6.82. The van der Waals surface area contributed by atoms with Gasteiger partial charge in [0, 0.05) is 23.6 Å². The molecular weight excluding hydrogens is 331 g/mol. The van der Waals surface area contributed by atoms with Gasteiger partial charge in [0.05, 0.1) is 11.7 Å². The van der Waals surface area contributed by atoms with Crippen molar-refractivity contribution < 1.29 is 14.0 Å². The van der Waals surface area contributed by atoms with Gasteiger partial charge in [-0.2, -0.15) is 0 Å². The zero-order valence-electron chi connectivity index (χ0n) is 13.4. The van der Waals surface area contributed by atoms with E-state index in [1.807, 2.05) is 6.92 Å². The Morgan fingerprint density at radius 2 is 2.12 bits per heavy atom. The van der Waals surface area contributed by atoms with Crippen LogP contribution in [-0.2, 0) is 9.59 Å². The summed E-state index contributed by atoms with van der Waals surface area (Å²) >= 11 is 1.20. The van der Waals surface area contributed by atoms with Crippen LogP contribution in [-0.4, -0.2) is 22.8 Å². The van der Waals surface area contributed by atoms with Crippen LogP contribution < -0.4 is 16.4 Å². The summed E-state index contributed by atoms with van der Waals surface area (Å²) in [4.78, 5) is 27.1. The molecule has 0 saturated carbocycles. The molecule has 6 nitrogen and oxygen atoms in total. The first-order valence-corrected chi connectivity index (χ1v) is 8.38. The van der Waals surface area contributed by atoms with E-state index in [4.69, 9.17) is 5.73 Å². The van der Waals surface area contributed by atoms with E-state index in [-0.39, 0.29) is 11.8 Å². The standard InChI is InChI=1S/C16H19FN4O2S/c1-3-4-13(18)15(23)21-16-20-14(8-24-16)11-6-5-10(7-12(11)17)19-9(2)22/h5-8,13H,3-4,18H2,1-2H3,(H,19,22)(H,20,21,23). The number of carbonyl (C=O) groups is 2. The van der Waals surface area contributed by atoms with Crippen molar-refractivity contribution in [3.8, 4) is 11.3 Å². The molecule has 1 heterocycles. The average molecular weight is 350 g/mol. The van der Waals surface area contributed by atoms with E-state index in [1.165, 1.54) is 30.4 Å². The van der Waals surface area contributed by atoms with Crippen LogP contribution in [0.25, 0.3) is 11.3 Å². The molecule has 1 unspecified atom stereocenters. The first kappa shape index (κ1) is 18.0. The second-order valence-electron chi connectivity index (χ2n) is 5.30. The number of benzene rings is 1. The quantitative estimate of drug-likeness (QED) is 0.746. The highest BCUT2D eigenvalue weighted by atomic mass is 32.1. The highest BCUT2D eigenvalue weighted by molar-refractivity contribution is 7.14. The van der Waals surface area contributed by atoms with Crippen molar-refractivity contribution in [1.29, 1.82) is 0 Å². The van der Waals surface area contributed by atoms with E-state index >= 15 is 0 Å². The van der Waals surface area contributed by atoms with Crippen molar-refractivity contribution in [2.24, 2.45) is 5.73 Å². The van der Waals surface area contributed by atoms with Crippen molar-refractivity contribution >= 4 is 34.0 Å². The van der Waals surface area contributed by atoms with Crippen LogP contribution in [0.15, 0.2) is 23.6 Å². The number of rotatable bonds is 6. The Kier molecular flexibility index (Phi) is 5.99. The summed E-state index contributed by atoms with van der Waals surface area (Å²) in [6.45, 7) is 3.30. The zero-order chi connectivity index (χ0) is 17.7. The molecule has 2 amide bonds. The van der Waals surface area contributed by atoms with E-state index in [0.717, 1.165) is 6.42 Å². The minimum atomic E-state index is -0.587. The lowest BCUT2D eigenvalue weighted by molar-refractivity contribution is -0.117. The molecule has 24 heavy (non-hydrogen) atoms. The molecule has 2 rings (SSSR count). The Bertz CT molecular complexity index is 747. The van der Waals surface area contributed by atoms with E-state index in [1.54, 1.807) is 11.4 Å². The molecule has 0 aliphatic carbocycles. The smallest absolute Gasteiger partial charge is 0.243 e. The van der Waals surface area contributed by atoms with Crippen LogP contribution in [0.4, 0.5) is 15.2 Å². The minimum absolute atomic E-state index is 0.274. The fourth-order valence-electron chi connectivity index (χ4n) is 2.10.